The number of hydrogen-bond donors (Lipinski definition) is 2. The van der Waals surface area contributed by atoms with Gasteiger partial charge in [-0.1, -0.05) is 45.0 Å². The Morgan fingerprint density at radius 1 is 0.909 bits per heavy atom. The second-order valence-corrected chi connectivity index (χ2v) is 12.7. The van der Waals surface area contributed by atoms with E-state index in [0.29, 0.717) is 34.9 Å². The van der Waals surface area contributed by atoms with E-state index < -0.39 is 0 Å². The molecule has 2 N–H and O–H groups in total. The van der Waals surface area contributed by atoms with Gasteiger partial charge >= 0.3 is 0 Å². The summed E-state index contributed by atoms with van der Waals surface area (Å²) in [4.78, 5) is 32.9. The summed E-state index contributed by atoms with van der Waals surface area (Å²) < 4.78 is 1.50. The molecule has 0 unspecified atom stereocenters. The minimum Gasteiger partial charge on any atom is -0.392 e. The smallest absolute Gasteiger partial charge is 0.274 e. The predicted octanol–water partition coefficient (Wildman–Crippen LogP) is 4.29. The maximum absolute atomic E-state index is 13.5. The highest BCUT2D eigenvalue weighted by atomic mass is 16.3. The lowest BCUT2D eigenvalue weighted by molar-refractivity contribution is 0.0996. The van der Waals surface area contributed by atoms with E-state index >= 15 is 0 Å². The normalized spacial score (nSPS) is 15.5. The van der Waals surface area contributed by atoms with Crippen LogP contribution in [0.1, 0.15) is 47.8 Å². The van der Waals surface area contributed by atoms with Crippen LogP contribution in [-0.4, -0.2) is 63.9 Å². The highest BCUT2D eigenvalue weighted by molar-refractivity contribution is 6.10. The highest BCUT2D eigenvalue weighted by Crippen LogP contribution is 2.37. The Morgan fingerprint density at radius 3 is 2.36 bits per heavy atom. The standard InChI is InChI=1S/C34H39N7O3/c1-34(2,3)24-9-10-26-22(17-24)20-41(32(26)43)29-8-6-7-25(27(29)21-42)23-18-28(33(44)39(5)19-23)35-30-11-12-31(37-36-30)40-15-13-38(4)14-16-40/h6-12,17-19,42H,13-16,20-21H2,1-5H3,(H,35,36). The van der Waals surface area contributed by atoms with Crippen molar-refractivity contribution in [1.82, 2.24) is 19.7 Å². The lowest BCUT2D eigenvalue weighted by atomic mass is 9.85. The second-order valence-electron chi connectivity index (χ2n) is 12.7. The first-order valence-electron chi connectivity index (χ1n) is 15.0. The number of rotatable bonds is 6. The van der Waals surface area contributed by atoms with Crippen molar-refractivity contribution < 1.29 is 9.90 Å². The van der Waals surface area contributed by atoms with Gasteiger partial charge in [0.25, 0.3) is 11.5 Å². The molecule has 0 bridgehead atoms. The average molecular weight is 594 g/mol. The minimum atomic E-state index is -0.274. The third-order valence-corrected chi connectivity index (χ3v) is 8.61. The van der Waals surface area contributed by atoms with Gasteiger partial charge in [-0.25, -0.2) is 0 Å². The molecule has 0 aliphatic carbocycles. The Kier molecular flexibility index (Phi) is 7.73. The van der Waals surface area contributed by atoms with Crippen molar-refractivity contribution in [2.24, 2.45) is 7.05 Å². The van der Waals surface area contributed by atoms with Crippen molar-refractivity contribution in [3.05, 3.63) is 93.4 Å². The molecule has 44 heavy (non-hydrogen) atoms. The molecule has 2 aliphatic heterocycles. The summed E-state index contributed by atoms with van der Waals surface area (Å²) in [7, 11) is 3.80. The molecule has 1 amide bonds. The Bertz CT molecular complexity index is 1770. The fraction of sp³-hybridized carbons (Fsp3) is 0.353. The molecule has 0 radical (unpaired) electrons. The van der Waals surface area contributed by atoms with Crippen molar-refractivity contribution in [3.63, 3.8) is 0 Å². The number of piperazine rings is 1. The maximum atomic E-state index is 13.5. The van der Waals surface area contributed by atoms with E-state index in [1.165, 1.54) is 10.1 Å². The number of nitrogens with zero attached hydrogens (tertiary/aromatic N) is 6. The summed E-state index contributed by atoms with van der Waals surface area (Å²) in [5, 5.41) is 22.5. The molecular formula is C34H39N7O3. The molecule has 2 aromatic heterocycles. The molecule has 2 aliphatic rings. The second kappa shape index (κ2) is 11.5. The van der Waals surface area contributed by atoms with Gasteiger partial charge < -0.3 is 29.7 Å². The Labute approximate surface area is 257 Å². The quantitative estimate of drug-likeness (QED) is 0.341. The first kappa shape index (κ1) is 29.5. The third-order valence-electron chi connectivity index (χ3n) is 8.61. The molecule has 6 rings (SSSR count). The number of aryl methyl sites for hydroxylation is 1. The van der Waals surface area contributed by atoms with Gasteiger partial charge in [0.15, 0.2) is 11.6 Å². The van der Waals surface area contributed by atoms with E-state index in [9.17, 15) is 14.7 Å². The summed E-state index contributed by atoms with van der Waals surface area (Å²) >= 11 is 0. The van der Waals surface area contributed by atoms with Gasteiger partial charge in [-0.15, -0.1) is 10.2 Å². The summed E-state index contributed by atoms with van der Waals surface area (Å²) in [6.45, 7) is 10.3. The molecule has 4 heterocycles. The number of benzene rings is 2. The number of pyridine rings is 1. The fourth-order valence-electron chi connectivity index (χ4n) is 5.93. The highest BCUT2D eigenvalue weighted by Gasteiger charge is 2.31. The number of fused-ring (bicyclic) bond motifs is 1. The van der Waals surface area contributed by atoms with Crippen LogP contribution in [0.2, 0.25) is 0 Å². The summed E-state index contributed by atoms with van der Waals surface area (Å²) in [6, 6.07) is 17.2. The average Bonchev–Trinajstić information content (AvgIpc) is 3.34. The zero-order valence-electron chi connectivity index (χ0n) is 26.0. The van der Waals surface area contributed by atoms with E-state index in [0.717, 1.165) is 48.7 Å². The van der Waals surface area contributed by atoms with Crippen LogP contribution in [0.4, 0.5) is 23.0 Å². The Balaban J connectivity index is 1.30. The number of aliphatic hydroxyl groups is 1. The van der Waals surface area contributed by atoms with Crippen LogP contribution in [0.25, 0.3) is 11.1 Å². The Hall–Kier alpha value is -4.54. The van der Waals surface area contributed by atoms with Gasteiger partial charge in [-0.3, -0.25) is 9.59 Å². The number of likely N-dealkylation sites (N-methyl/N-ethyl adjacent to an activating group) is 1. The van der Waals surface area contributed by atoms with Crippen LogP contribution >= 0.6 is 0 Å². The number of carbonyl (C=O) groups excluding carboxylic acids is 1. The molecule has 10 heteroatoms. The van der Waals surface area contributed by atoms with Crippen LogP contribution in [0, 0.1) is 0 Å². The van der Waals surface area contributed by atoms with Crippen molar-refractivity contribution in [2.45, 2.75) is 39.3 Å². The topological polar surface area (TPSA) is 107 Å². The van der Waals surface area contributed by atoms with Crippen molar-refractivity contribution in [3.8, 4) is 11.1 Å². The van der Waals surface area contributed by atoms with Crippen LogP contribution in [0.15, 0.2) is 65.6 Å². The number of nitrogens with one attached hydrogen (secondary N) is 1. The molecule has 1 saturated heterocycles. The van der Waals surface area contributed by atoms with E-state index in [4.69, 9.17) is 0 Å². The van der Waals surface area contributed by atoms with E-state index in [2.05, 4.69) is 59.2 Å². The largest absolute Gasteiger partial charge is 0.392 e. The first-order chi connectivity index (χ1) is 21.0. The van der Waals surface area contributed by atoms with Gasteiger partial charge in [-0.05, 0) is 59.5 Å². The molecule has 228 valence electrons. The molecule has 1 fully saturated rings. The van der Waals surface area contributed by atoms with Crippen LogP contribution in [0.3, 0.4) is 0 Å². The van der Waals surface area contributed by atoms with Gasteiger partial charge in [0.1, 0.15) is 5.69 Å². The van der Waals surface area contributed by atoms with Gasteiger partial charge in [0.2, 0.25) is 0 Å². The number of amides is 1. The molecule has 4 aromatic rings. The van der Waals surface area contributed by atoms with Crippen molar-refractivity contribution >= 4 is 28.9 Å². The monoisotopic (exact) mass is 593 g/mol. The third kappa shape index (κ3) is 5.58. The van der Waals surface area contributed by atoms with Gasteiger partial charge in [0, 0.05) is 56.1 Å². The summed E-state index contributed by atoms with van der Waals surface area (Å²) in [6.07, 6.45) is 1.74. The summed E-state index contributed by atoms with van der Waals surface area (Å²) in [5.74, 6) is 1.18. The van der Waals surface area contributed by atoms with Crippen LogP contribution in [-0.2, 0) is 25.6 Å². The maximum Gasteiger partial charge on any atom is 0.274 e. The van der Waals surface area contributed by atoms with E-state index in [1.54, 1.807) is 24.2 Å². The molecule has 0 atom stereocenters. The molecule has 10 nitrogen and oxygen atoms in total. The SMILES string of the molecule is CN1CCN(c2ccc(Nc3cc(-c4cccc(N5Cc6cc(C(C)(C)C)ccc6C5=O)c4CO)cn(C)c3=O)nn2)CC1. The summed E-state index contributed by atoms with van der Waals surface area (Å²) in [5.41, 5.74) is 5.63. The number of aromatic nitrogens is 3. The lowest BCUT2D eigenvalue weighted by Crippen LogP contribution is -2.44. The van der Waals surface area contributed by atoms with Gasteiger partial charge in [-0.2, -0.15) is 0 Å². The van der Waals surface area contributed by atoms with E-state index in [-0.39, 0.29) is 23.5 Å². The Morgan fingerprint density at radius 2 is 1.68 bits per heavy atom. The molecule has 2 aromatic carbocycles. The zero-order chi connectivity index (χ0) is 31.2. The number of anilines is 4. The minimum absolute atomic E-state index is 0.0328. The fourth-order valence-corrected chi connectivity index (χ4v) is 5.93. The lowest BCUT2D eigenvalue weighted by Gasteiger charge is -2.32. The van der Waals surface area contributed by atoms with Crippen molar-refractivity contribution in [1.29, 1.82) is 0 Å². The molecule has 0 spiro atoms. The number of aliphatic hydroxyl groups excluding tert-OH is 1. The van der Waals surface area contributed by atoms with Crippen LogP contribution < -0.4 is 20.7 Å². The van der Waals surface area contributed by atoms with Crippen molar-refractivity contribution in [2.75, 3.05) is 48.3 Å². The first-order valence-corrected chi connectivity index (χ1v) is 15.0. The van der Waals surface area contributed by atoms with Crippen LogP contribution in [0.5, 0.6) is 0 Å². The predicted molar refractivity (Wildman–Crippen MR) is 174 cm³/mol. The molecule has 0 saturated carbocycles. The number of carbonyl (C=O) groups is 1. The van der Waals surface area contributed by atoms with Gasteiger partial charge in [0.05, 0.1) is 18.8 Å². The zero-order valence-corrected chi connectivity index (χ0v) is 26.0. The molecular weight excluding hydrogens is 554 g/mol. The number of hydrogen-bond acceptors (Lipinski definition) is 8. The van der Waals surface area contributed by atoms with E-state index in [1.807, 2.05) is 42.5 Å².